The molecular formula is C13H18FNO. The van der Waals surface area contributed by atoms with Gasteiger partial charge in [0.2, 0.25) is 0 Å². The van der Waals surface area contributed by atoms with Crippen LogP contribution in [0.15, 0.2) is 24.3 Å². The second-order valence-corrected chi connectivity index (χ2v) is 4.43. The van der Waals surface area contributed by atoms with Gasteiger partial charge in [0, 0.05) is 17.5 Å². The fraction of sp³-hybridized carbons (Fsp3) is 0.538. The third kappa shape index (κ3) is 2.25. The summed E-state index contributed by atoms with van der Waals surface area (Å²) in [5.41, 5.74) is 0.743. The Morgan fingerprint density at radius 1 is 1.44 bits per heavy atom. The van der Waals surface area contributed by atoms with Crippen LogP contribution in [0.1, 0.15) is 24.9 Å². The van der Waals surface area contributed by atoms with Gasteiger partial charge in [-0.25, -0.2) is 4.39 Å². The van der Waals surface area contributed by atoms with E-state index in [0.29, 0.717) is 12.5 Å². The van der Waals surface area contributed by atoms with E-state index in [4.69, 9.17) is 4.74 Å². The number of hydrogen-bond donors (Lipinski definition) is 1. The average molecular weight is 223 g/mol. The Bertz CT molecular complexity index is 356. The van der Waals surface area contributed by atoms with Gasteiger partial charge in [-0.3, -0.25) is 0 Å². The SMILES string of the molecule is CNC(c1ccccc1F)C1COC(C)C1. The highest BCUT2D eigenvalue weighted by atomic mass is 19.1. The molecule has 1 heterocycles. The molecule has 0 saturated carbocycles. The fourth-order valence-electron chi connectivity index (χ4n) is 2.46. The molecule has 0 radical (unpaired) electrons. The Kier molecular flexibility index (Phi) is 3.56. The number of nitrogens with one attached hydrogen (secondary N) is 1. The molecule has 0 aliphatic carbocycles. The minimum Gasteiger partial charge on any atom is -0.378 e. The molecule has 1 aromatic carbocycles. The van der Waals surface area contributed by atoms with Gasteiger partial charge in [-0.1, -0.05) is 18.2 Å². The zero-order valence-electron chi connectivity index (χ0n) is 9.74. The van der Waals surface area contributed by atoms with Gasteiger partial charge in [-0.15, -0.1) is 0 Å². The quantitative estimate of drug-likeness (QED) is 0.850. The number of hydrogen-bond acceptors (Lipinski definition) is 2. The summed E-state index contributed by atoms with van der Waals surface area (Å²) in [5.74, 6) is 0.221. The molecule has 3 atom stereocenters. The molecule has 0 aromatic heterocycles. The van der Waals surface area contributed by atoms with Crippen LogP contribution in [0.5, 0.6) is 0 Å². The van der Waals surface area contributed by atoms with Gasteiger partial charge in [0.15, 0.2) is 0 Å². The van der Waals surface area contributed by atoms with Gasteiger partial charge in [-0.05, 0) is 26.5 Å². The monoisotopic (exact) mass is 223 g/mol. The van der Waals surface area contributed by atoms with Gasteiger partial charge >= 0.3 is 0 Å². The van der Waals surface area contributed by atoms with Gasteiger partial charge in [0.05, 0.1) is 12.7 Å². The first-order valence-corrected chi connectivity index (χ1v) is 5.75. The summed E-state index contributed by atoms with van der Waals surface area (Å²) in [5, 5.41) is 3.20. The summed E-state index contributed by atoms with van der Waals surface area (Å²) in [7, 11) is 1.88. The Morgan fingerprint density at radius 3 is 2.75 bits per heavy atom. The van der Waals surface area contributed by atoms with Crippen molar-refractivity contribution in [1.82, 2.24) is 5.32 Å². The maximum Gasteiger partial charge on any atom is 0.127 e. The number of rotatable bonds is 3. The van der Waals surface area contributed by atoms with E-state index in [1.165, 1.54) is 6.07 Å². The standard InChI is InChI=1S/C13H18FNO/c1-9-7-10(8-16-9)13(15-2)11-5-3-4-6-12(11)14/h3-6,9-10,13,15H,7-8H2,1-2H3. The molecule has 2 nitrogen and oxygen atoms in total. The van der Waals surface area contributed by atoms with Crippen LogP contribution in [0.25, 0.3) is 0 Å². The molecule has 1 fully saturated rings. The van der Waals surface area contributed by atoms with Gasteiger partial charge in [0.25, 0.3) is 0 Å². The van der Waals surface area contributed by atoms with Crippen molar-refractivity contribution in [2.24, 2.45) is 5.92 Å². The number of benzene rings is 1. The van der Waals surface area contributed by atoms with E-state index < -0.39 is 0 Å². The van der Waals surface area contributed by atoms with Gasteiger partial charge in [0.1, 0.15) is 5.82 Å². The zero-order valence-corrected chi connectivity index (χ0v) is 9.74. The lowest BCUT2D eigenvalue weighted by Gasteiger charge is -2.22. The van der Waals surface area contributed by atoms with E-state index in [1.54, 1.807) is 6.07 Å². The lowest BCUT2D eigenvalue weighted by atomic mass is 9.91. The molecule has 1 N–H and O–H groups in total. The molecule has 1 aliphatic rings. The van der Waals surface area contributed by atoms with E-state index in [0.717, 1.165) is 12.0 Å². The van der Waals surface area contributed by atoms with Crippen LogP contribution in [0.2, 0.25) is 0 Å². The van der Waals surface area contributed by atoms with Crippen LogP contribution in [-0.4, -0.2) is 19.8 Å². The average Bonchev–Trinajstić information content (AvgIpc) is 2.69. The summed E-state index contributed by atoms with van der Waals surface area (Å²) in [6.45, 7) is 2.77. The summed E-state index contributed by atoms with van der Waals surface area (Å²) in [6.07, 6.45) is 1.27. The van der Waals surface area contributed by atoms with Crippen LogP contribution in [0.3, 0.4) is 0 Å². The maximum atomic E-state index is 13.7. The van der Waals surface area contributed by atoms with Crippen LogP contribution < -0.4 is 5.32 Å². The van der Waals surface area contributed by atoms with E-state index in [2.05, 4.69) is 12.2 Å². The normalized spacial score (nSPS) is 26.9. The highest BCUT2D eigenvalue weighted by Gasteiger charge is 2.30. The molecule has 1 aromatic rings. The maximum absolute atomic E-state index is 13.7. The van der Waals surface area contributed by atoms with E-state index in [-0.39, 0.29) is 18.0 Å². The molecular weight excluding hydrogens is 205 g/mol. The first-order chi connectivity index (χ1) is 7.72. The Morgan fingerprint density at radius 2 is 2.19 bits per heavy atom. The van der Waals surface area contributed by atoms with E-state index >= 15 is 0 Å². The molecule has 3 heteroatoms. The lowest BCUT2D eigenvalue weighted by molar-refractivity contribution is 0.117. The third-order valence-electron chi connectivity index (χ3n) is 3.25. The Hall–Kier alpha value is -0.930. The van der Waals surface area contributed by atoms with Crippen LogP contribution in [0, 0.1) is 11.7 Å². The highest BCUT2D eigenvalue weighted by Crippen LogP contribution is 2.32. The van der Waals surface area contributed by atoms with Crippen LogP contribution >= 0.6 is 0 Å². The molecule has 1 aliphatic heterocycles. The van der Waals surface area contributed by atoms with Crippen molar-refractivity contribution in [3.8, 4) is 0 Å². The van der Waals surface area contributed by atoms with Crippen molar-refractivity contribution in [2.75, 3.05) is 13.7 Å². The highest BCUT2D eigenvalue weighted by molar-refractivity contribution is 5.22. The molecule has 88 valence electrons. The summed E-state index contributed by atoms with van der Waals surface area (Å²) < 4.78 is 19.2. The number of ether oxygens (including phenoxy) is 1. The Balaban J connectivity index is 2.19. The molecule has 2 rings (SSSR count). The first-order valence-electron chi connectivity index (χ1n) is 5.75. The molecule has 1 saturated heterocycles. The van der Waals surface area contributed by atoms with Crippen molar-refractivity contribution in [3.05, 3.63) is 35.6 Å². The Labute approximate surface area is 95.8 Å². The number of halogens is 1. The summed E-state index contributed by atoms with van der Waals surface area (Å²) in [4.78, 5) is 0. The van der Waals surface area contributed by atoms with E-state index in [1.807, 2.05) is 19.2 Å². The summed E-state index contributed by atoms with van der Waals surface area (Å²) >= 11 is 0. The molecule has 3 unspecified atom stereocenters. The largest absolute Gasteiger partial charge is 0.378 e. The molecule has 16 heavy (non-hydrogen) atoms. The molecule has 0 spiro atoms. The first kappa shape index (κ1) is 11.6. The predicted molar refractivity (Wildman–Crippen MR) is 61.7 cm³/mol. The van der Waals surface area contributed by atoms with Crippen molar-refractivity contribution >= 4 is 0 Å². The van der Waals surface area contributed by atoms with Crippen molar-refractivity contribution in [3.63, 3.8) is 0 Å². The predicted octanol–water partition coefficient (Wildman–Crippen LogP) is 2.51. The van der Waals surface area contributed by atoms with Crippen molar-refractivity contribution < 1.29 is 9.13 Å². The second-order valence-electron chi connectivity index (χ2n) is 4.43. The van der Waals surface area contributed by atoms with Crippen LogP contribution in [-0.2, 0) is 4.74 Å². The van der Waals surface area contributed by atoms with Crippen molar-refractivity contribution in [1.29, 1.82) is 0 Å². The summed E-state index contributed by atoms with van der Waals surface area (Å²) in [6, 6.07) is 7.01. The van der Waals surface area contributed by atoms with Crippen molar-refractivity contribution in [2.45, 2.75) is 25.5 Å². The zero-order chi connectivity index (χ0) is 11.5. The molecule has 0 amide bonds. The minimum absolute atomic E-state index is 0.0474. The minimum atomic E-state index is -0.138. The second kappa shape index (κ2) is 4.93. The molecule has 0 bridgehead atoms. The van der Waals surface area contributed by atoms with Crippen LogP contribution in [0.4, 0.5) is 4.39 Å². The van der Waals surface area contributed by atoms with Gasteiger partial charge < -0.3 is 10.1 Å². The van der Waals surface area contributed by atoms with Gasteiger partial charge in [-0.2, -0.15) is 0 Å². The topological polar surface area (TPSA) is 21.3 Å². The van der Waals surface area contributed by atoms with E-state index in [9.17, 15) is 4.39 Å². The smallest absolute Gasteiger partial charge is 0.127 e. The fourth-order valence-corrected chi connectivity index (χ4v) is 2.46. The lowest BCUT2D eigenvalue weighted by Crippen LogP contribution is -2.26. The third-order valence-corrected chi connectivity index (χ3v) is 3.25.